The second-order valence-electron chi connectivity index (χ2n) is 4.82. The van der Waals surface area contributed by atoms with Gasteiger partial charge in [-0.25, -0.2) is 18.4 Å². The Bertz CT molecular complexity index is 889. The fraction of sp³-hybridized carbons (Fsp3) is 0.214. The number of carbonyl (C=O) groups excluding carboxylic acids is 1. The van der Waals surface area contributed by atoms with E-state index in [4.69, 9.17) is 23.2 Å². The van der Waals surface area contributed by atoms with Gasteiger partial charge in [0.2, 0.25) is 10.0 Å². The maximum absolute atomic E-state index is 12.5. The Labute approximate surface area is 154 Å². The summed E-state index contributed by atoms with van der Waals surface area (Å²) in [5.41, 5.74) is 0.718. The van der Waals surface area contributed by atoms with E-state index in [9.17, 15) is 13.2 Å². The van der Waals surface area contributed by atoms with Gasteiger partial charge in [-0.1, -0.05) is 35.0 Å². The molecule has 0 radical (unpaired) electrons. The third-order valence-corrected chi connectivity index (χ3v) is 4.63. The van der Waals surface area contributed by atoms with E-state index in [-0.39, 0.29) is 33.5 Å². The molecule has 1 N–H and O–H groups in total. The number of carbonyl (C=O) groups is 1. The van der Waals surface area contributed by atoms with Crippen LogP contribution in [0.15, 0.2) is 29.6 Å². The first-order chi connectivity index (χ1) is 11.2. The number of aromatic nitrogens is 2. The molecule has 0 aliphatic rings. The summed E-state index contributed by atoms with van der Waals surface area (Å²) < 4.78 is 25.0. The number of anilines is 1. The summed E-state index contributed by atoms with van der Waals surface area (Å²) in [4.78, 5) is 20.8. The molecule has 0 spiro atoms. The number of sulfonamides is 1. The molecule has 0 fully saturated rings. The van der Waals surface area contributed by atoms with Crippen LogP contribution in [0.25, 0.3) is 0 Å². The molecule has 10 heteroatoms. The minimum absolute atomic E-state index is 0.00550. The van der Waals surface area contributed by atoms with Gasteiger partial charge in [0.15, 0.2) is 10.9 Å². The minimum Gasteiger partial charge on any atom is -0.294 e. The van der Waals surface area contributed by atoms with Crippen LogP contribution >= 0.6 is 35.0 Å². The van der Waals surface area contributed by atoms with Gasteiger partial charge in [-0.2, -0.15) is 0 Å². The Morgan fingerprint density at radius 2 is 2.04 bits per heavy atom. The van der Waals surface area contributed by atoms with Gasteiger partial charge in [-0.15, -0.1) is 0 Å². The Balaban J connectivity index is 2.35. The molecule has 128 valence electrons. The van der Waals surface area contributed by atoms with E-state index < -0.39 is 10.0 Å². The molecule has 0 saturated carbocycles. The Morgan fingerprint density at radius 1 is 1.33 bits per heavy atom. The molecule has 6 nitrogen and oxygen atoms in total. The van der Waals surface area contributed by atoms with Crippen molar-refractivity contribution in [3.05, 3.63) is 45.7 Å². The summed E-state index contributed by atoms with van der Waals surface area (Å²) in [6.07, 6.45) is 4.38. The molecule has 24 heavy (non-hydrogen) atoms. The number of hydrogen-bond donors (Lipinski definition) is 1. The number of rotatable bonds is 6. The fourth-order valence-corrected chi connectivity index (χ4v) is 3.37. The quantitative estimate of drug-likeness (QED) is 0.450. The van der Waals surface area contributed by atoms with Gasteiger partial charge in [0.1, 0.15) is 0 Å². The predicted octanol–water partition coefficient (Wildman–Crippen LogP) is 3.30. The normalized spacial score (nSPS) is 11.3. The summed E-state index contributed by atoms with van der Waals surface area (Å²) in [6.45, 7) is 0. The van der Waals surface area contributed by atoms with Crippen molar-refractivity contribution in [2.75, 3.05) is 17.2 Å². The van der Waals surface area contributed by atoms with Crippen LogP contribution in [0, 0.1) is 0 Å². The number of nitrogens with zero attached hydrogens (tertiary/aromatic N) is 2. The Morgan fingerprint density at radius 3 is 2.67 bits per heavy atom. The Kier molecular flexibility index (Phi) is 6.08. The largest absolute Gasteiger partial charge is 0.294 e. The van der Waals surface area contributed by atoms with Gasteiger partial charge < -0.3 is 0 Å². The summed E-state index contributed by atoms with van der Waals surface area (Å²) in [6, 6.07) is 4.38. The van der Waals surface area contributed by atoms with E-state index in [1.165, 1.54) is 23.9 Å². The highest BCUT2D eigenvalue weighted by atomic mass is 35.5. The van der Waals surface area contributed by atoms with Crippen LogP contribution in [0.2, 0.25) is 10.0 Å². The van der Waals surface area contributed by atoms with Crippen molar-refractivity contribution in [3.63, 3.8) is 0 Å². The van der Waals surface area contributed by atoms with Crippen molar-refractivity contribution in [1.82, 2.24) is 9.97 Å². The number of benzene rings is 1. The van der Waals surface area contributed by atoms with E-state index in [2.05, 4.69) is 14.7 Å². The first-order valence-electron chi connectivity index (χ1n) is 6.55. The lowest BCUT2D eigenvalue weighted by Crippen LogP contribution is -2.12. The lowest BCUT2D eigenvalue weighted by molar-refractivity contribution is 0.0992. The van der Waals surface area contributed by atoms with Crippen LogP contribution in [0.5, 0.6) is 0 Å². The van der Waals surface area contributed by atoms with E-state index in [0.29, 0.717) is 10.9 Å². The molecule has 0 aliphatic heterocycles. The average Bonchev–Trinajstić information content (AvgIpc) is 2.49. The maximum Gasteiger partial charge on any atom is 0.229 e. The molecule has 1 aromatic carbocycles. The van der Waals surface area contributed by atoms with Crippen LogP contribution in [-0.2, 0) is 16.4 Å². The number of halogens is 2. The molecule has 0 atom stereocenters. The first kappa shape index (κ1) is 19.0. The van der Waals surface area contributed by atoms with Crippen molar-refractivity contribution in [2.45, 2.75) is 11.6 Å². The van der Waals surface area contributed by atoms with E-state index in [1.807, 2.05) is 6.26 Å². The highest BCUT2D eigenvalue weighted by molar-refractivity contribution is 7.98. The van der Waals surface area contributed by atoms with Crippen LogP contribution in [0.4, 0.5) is 5.69 Å². The second-order valence-corrected chi connectivity index (χ2v) is 8.16. The van der Waals surface area contributed by atoms with Crippen molar-refractivity contribution < 1.29 is 13.2 Å². The fourth-order valence-electron chi connectivity index (χ4n) is 1.90. The van der Waals surface area contributed by atoms with Gasteiger partial charge in [-0.3, -0.25) is 9.52 Å². The van der Waals surface area contributed by atoms with Gasteiger partial charge in [0.25, 0.3) is 0 Å². The van der Waals surface area contributed by atoms with Crippen molar-refractivity contribution in [1.29, 1.82) is 0 Å². The molecular formula is C14H13Cl2N3O3S2. The molecule has 0 bridgehead atoms. The number of hydrogen-bond acceptors (Lipinski definition) is 6. The standard InChI is InChI=1S/C14H13Cl2N3O3S2/c1-23-14-17-4-3-9(18-14)7-12(20)10-5-8(15)6-11(13(10)16)19-24(2,21)22/h3-6,19H,7H2,1-2H3. The lowest BCUT2D eigenvalue weighted by Gasteiger charge is -2.11. The highest BCUT2D eigenvalue weighted by Gasteiger charge is 2.18. The van der Waals surface area contributed by atoms with Gasteiger partial charge in [0.05, 0.1) is 29.1 Å². The smallest absolute Gasteiger partial charge is 0.229 e. The maximum atomic E-state index is 12.5. The van der Waals surface area contributed by atoms with Crippen molar-refractivity contribution in [3.8, 4) is 0 Å². The van der Waals surface area contributed by atoms with Crippen LogP contribution in [-0.4, -0.2) is 36.7 Å². The van der Waals surface area contributed by atoms with Crippen LogP contribution in [0.3, 0.4) is 0 Å². The third-order valence-electron chi connectivity index (χ3n) is 2.85. The van der Waals surface area contributed by atoms with E-state index in [0.717, 1.165) is 6.26 Å². The number of ketones is 1. The molecule has 0 saturated heterocycles. The monoisotopic (exact) mass is 405 g/mol. The number of Topliss-reactive ketones (excluding diaryl/α,β-unsaturated/α-hetero) is 1. The van der Waals surface area contributed by atoms with Gasteiger partial charge in [-0.05, 0) is 24.5 Å². The van der Waals surface area contributed by atoms with Crippen LogP contribution < -0.4 is 4.72 Å². The number of thioether (sulfide) groups is 1. The van der Waals surface area contributed by atoms with Crippen molar-refractivity contribution in [2.24, 2.45) is 0 Å². The second kappa shape index (κ2) is 7.69. The number of nitrogens with one attached hydrogen (secondary N) is 1. The first-order valence-corrected chi connectivity index (χ1v) is 10.4. The molecule has 1 heterocycles. The molecule has 0 amide bonds. The summed E-state index contributed by atoms with van der Waals surface area (Å²) in [5, 5.41) is 0.743. The van der Waals surface area contributed by atoms with Gasteiger partial charge >= 0.3 is 0 Å². The van der Waals surface area contributed by atoms with Crippen molar-refractivity contribution >= 4 is 56.5 Å². The third kappa shape index (κ3) is 5.07. The minimum atomic E-state index is -3.55. The molecule has 0 unspecified atom stereocenters. The zero-order valence-corrected chi connectivity index (χ0v) is 15.9. The molecule has 2 rings (SSSR count). The van der Waals surface area contributed by atoms with Gasteiger partial charge in [0, 0.05) is 16.8 Å². The Hall–Kier alpha value is -1.35. The topological polar surface area (TPSA) is 89.0 Å². The highest BCUT2D eigenvalue weighted by Crippen LogP contribution is 2.31. The predicted molar refractivity (Wildman–Crippen MR) is 96.8 cm³/mol. The molecule has 0 aliphatic carbocycles. The molecular weight excluding hydrogens is 393 g/mol. The molecule has 2 aromatic rings. The summed E-state index contributed by atoms with van der Waals surface area (Å²) in [5.74, 6) is -0.329. The lowest BCUT2D eigenvalue weighted by atomic mass is 10.1. The zero-order valence-electron chi connectivity index (χ0n) is 12.7. The summed E-state index contributed by atoms with van der Waals surface area (Å²) >= 11 is 13.5. The van der Waals surface area contributed by atoms with Crippen LogP contribution in [0.1, 0.15) is 16.1 Å². The van der Waals surface area contributed by atoms with E-state index >= 15 is 0 Å². The average molecular weight is 406 g/mol. The SMILES string of the molecule is CSc1nccc(CC(=O)c2cc(Cl)cc(NS(C)(=O)=O)c2Cl)n1. The molecule has 1 aromatic heterocycles. The van der Waals surface area contributed by atoms with E-state index in [1.54, 1.807) is 12.3 Å². The zero-order chi connectivity index (χ0) is 17.9. The summed E-state index contributed by atoms with van der Waals surface area (Å²) in [7, 11) is -3.55.